The fraction of sp³-hybridized carbons (Fsp3) is 0.375. The molecule has 3 nitrogen and oxygen atoms in total. The van der Waals surface area contributed by atoms with E-state index in [-0.39, 0.29) is 5.41 Å². The van der Waals surface area contributed by atoms with Crippen molar-refractivity contribution in [2.45, 2.75) is 25.7 Å². The minimum absolute atomic E-state index is 0.142. The van der Waals surface area contributed by atoms with E-state index in [1.165, 1.54) is 22.3 Å². The van der Waals surface area contributed by atoms with Gasteiger partial charge in [0, 0.05) is 16.9 Å². The normalized spacial score (nSPS) is 27.8. The van der Waals surface area contributed by atoms with Crippen molar-refractivity contribution in [1.29, 1.82) is 0 Å². The second kappa shape index (κ2) is 4.29. The summed E-state index contributed by atoms with van der Waals surface area (Å²) in [5, 5.41) is 3.86. The van der Waals surface area contributed by atoms with Crippen molar-refractivity contribution < 1.29 is 0 Å². The zero-order chi connectivity index (χ0) is 13.5. The maximum atomic E-state index is 8.67. The van der Waals surface area contributed by atoms with E-state index in [0.29, 0.717) is 12.5 Å². The van der Waals surface area contributed by atoms with Crippen LogP contribution in [0.15, 0.2) is 47.1 Å². The van der Waals surface area contributed by atoms with E-state index < -0.39 is 0 Å². The Labute approximate surface area is 113 Å². The van der Waals surface area contributed by atoms with E-state index in [9.17, 15) is 0 Å². The van der Waals surface area contributed by atoms with Gasteiger partial charge in [-0.1, -0.05) is 61.0 Å². The Morgan fingerprint density at radius 1 is 1.42 bits per heavy atom. The summed E-state index contributed by atoms with van der Waals surface area (Å²) in [5.74, 6) is 0.554. The molecule has 2 unspecified atom stereocenters. The maximum absolute atomic E-state index is 8.67. The van der Waals surface area contributed by atoms with E-state index in [1.807, 2.05) is 0 Å². The average molecular weight is 251 g/mol. The van der Waals surface area contributed by atoms with Gasteiger partial charge in [-0.15, -0.1) is 0 Å². The van der Waals surface area contributed by atoms with Gasteiger partial charge in [-0.25, -0.2) is 0 Å². The average Bonchev–Trinajstić information content (AvgIpc) is 2.67. The number of rotatable bonds is 2. The van der Waals surface area contributed by atoms with Crippen molar-refractivity contribution >= 4 is 5.57 Å². The minimum Gasteiger partial charge on any atom is -0.0927 e. The van der Waals surface area contributed by atoms with Gasteiger partial charge in [-0.05, 0) is 34.6 Å². The smallest absolute Gasteiger partial charge is 0.0390 e. The van der Waals surface area contributed by atoms with Crippen LogP contribution in [0.25, 0.3) is 16.0 Å². The molecule has 0 fully saturated rings. The van der Waals surface area contributed by atoms with E-state index in [2.05, 4.69) is 60.3 Å². The molecular weight excluding hydrogens is 234 g/mol. The van der Waals surface area contributed by atoms with Crippen LogP contribution >= 0.6 is 0 Å². The predicted molar refractivity (Wildman–Crippen MR) is 77.6 cm³/mol. The molecular formula is C16H17N3. The quantitative estimate of drug-likeness (QED) is 0.418. The molecule has 1 aromatic rings. The lowest BCUT2D eigenvalue weighted by Gasteiger charge is -2.30. The molecule has 0 aliphatic heterocycles. The van der Waals surface area contributed by atoms with Gasteiger partial charge in [-0.2, -0.15) is 0 Å². The maximum Gasteiger partial charge on any atom is 0.0390 e. The summed E-state index contributed by atoms with van der Waals surface area (Å²) in [6, 6.07) is 8.48. The first-order valence-electron chi connectivity index (χ1n) is 6.69. The van der Waals surface area contributed by atoms with Gasteiger partial charge in [0.25, 0.3) is 0 Å². The van der Waals surface area contributed by atoms with Crippen molar-refractivity contribution in [3.8, 4) is 0 Å². The van der Waals surface area contributed by atoms with Crippen LogP contribution in [0.2, 0.25) is 0 Å². The van der Waals surface area contributed by atoms with Crippen LogP contribution in [0.5, 0.6) is 0 Å². The monoisotopic (exact) mass is 251 g/mol. The standard InChI is InChI=1S/C16H17N3/c1-11-7-8-13-12-5-3-4-6-14(12)16(2,10-18-19-17)15(13)9-11/h3-8,11H,9-10H2,1-2H3. The first-order chi connectivity index (χ1) is 9.16. The highest BCUT2D eigenvalue weighted by molar-refractivity contribution is 5.87. The van der Waals surface area contributed by atoms with Crippen LogP contribution in [0.1, 0.15) is 31.4 Å². The number of allylic oxidation sites excluding steroid dienone is 3. The van der Waals surface area contributed by atoms with E-state index in [4.69, 9.17) is 5.53 Å². The van der Waals surface area contributed by atoms with Crippen molar-refractivity contribution in [3.05, 3.63) is 63.6 Å². The number of nitrogens with zero attached hydrogens (tertiary/aromatic N) is 3. The Morgan fingerprint density at radius 3 is 3.00 bits per heavy atom. The summed E-state index contributed by atoms with van der Waals surface area (Å²) in [5.41, 5.74) is 13.9. The van der Waals surface area contributed by atoms with Gasteiger partial charge in [0.05, 0.1) is 0 Å². The van der Waals surface area contributed by atoms with Gasteiger partial charge in [0.2, 0.25) is 0 Å². The molecule has 0 spiro atoms. The van der Waals surface area contributed by atoms with E-state index >= 15 is 0 Å². The molecule has 0 amide bonds. The SMILES string of the molecule is CC1C=CC2=C(C1)C(C)(CN=[N+]=[N-])c1ccccc12. The summed E-state index contributed by atoms with van der Waals surface area (Å²) in [6.45, 7) is 4.94. The number of hydrogen-bond donors (Lipinski definition) is 0. The molecule has 0 saturated carbocycles. The first kappa shape index (κ1) is 12.1. The highest BCUT2D eigenvalue weighted by Gasteiger charge is 2.40. The van der Waals surface area contributed by atoms with Gasteiger partial charge in [0.1, 0.15) is 0 Å². The summed E-state index contributed by atoms with van der Waals surface area (Å²) in [4.78, 5) is 2.96. The number of hydrogen-bond acceptors (Lipinski definition) is 1. The molecule has 3 heteroatoms. The fourth-order valence-corrected chi connectivity index (χ4v) is 3.35. The van der Waals surface area contributed by atoms with Crippen LogP contribution in [0.3, 0.4) is 0 Å². The molecule has 0 radical (unpaired) electrons. The van der Waals surface area contributed by atoms with Crippen molar-refractivity contribution in [2.75, 3.05) is 6.54 Å². The largest absolute Gasteiger partial charge is 0.0927 e. The van der Waals surface area contributed by atoms with Crippen molar-refractivity contribution in [1.82, 2.24) is 0 Å². The minimum atomic E-state index is -0.142. The Kier molecular flexibility index (Phi) is 2.72. The molecule has 2 atom stereocenters. The molecule has 3 rings (SSSR count). The van der Waals surface area contributed by atoms with Gasteiger partial charge in [0.15, 0.2) is 0 Å². The highest BCUT2D eigenvalue weighted by Crippen LogP contribution is 2.51. The van der Waals surface area contributed by atoms with Crippen LogP contribution in [-0.2, 0) is 5.41 Å². The zero-order valence-corrected chi connectivity index (χ0v) is 11.3. The summed E-state index contributed by atoms with van der Waals surface area (Å²) >= 11 is 0. The second-order valence-electron chi connectivity index (χ2n) is 5.70. The van der Waals surface area contributed by atoms with Crippen molar-refractivity contribution in [3.63, 3.8) is 0 Å². The van der Waals surface area contributed by atoms with Crippen LogP contribution in [0.4, 0.5) is 0 Å². The summed E-state index contributed by atoms with van der Waals surface area (Å²) in [7, 11) is 0. The third kappa shape index (κ3) is 1.70. The molecule has 19 heavy (non-hydrogen) atoms. The molecule has 2 aliphatic carbocycles. The summed E-state index contributed by atoms with van der Waals surface area (Å²) in [6.07, 6.45) is 5.57. The molecule has 2 aliphatic rings. The Balaban J connectivity index is 2.19. The Hall–Kier alpha value is -1.99. The molecule has 96 valence electrons. The molecule has 0 saturated heterocycles. The lowest BCUT2D eigenvalue weighted by Crippen LogP contribution is -2.27. The first-order valence-corrected chi connectivity index (χ1v) is 6.69. The third-order valence-electron chi connectivity index (χ3n) is 4.37. The Morgan fingerprint density at radius 2 is 2.21 bits per heavy atom. The molecule has 0 heterocycles. The Bertz CT molecular complexity index is 635. The lowest BCUT2D eigenvalue weighted by atomic mass is 9.75. The van der Waals surface area contributed by atoms with Gasteiger partial charge >= 0.3 is 0 Å². The van der Waals surface area contributed by atoms with Crippen LogP contribution in [-0.4, -0.2) is 6.54 Å². The van der Waals surface area contributed by atoms with Crippen molar-refractivity contribution in [2.24, 2.45) is 11.0 Å². The third-order valence-corrected chi connectivity index (χ3v) is 4.37. The fourth-order valence-electron chi connectivity index (χ4n) is 3.35. The molecule has 0 aromatic heterocycles. The highest BCUT2D eigenvalue weighted by atomic mass is 15.1. The van der Waals surface area contributed by atoms with Crippen LogP contribution in [0, 0.1) is 5.92 Å². The molecule has 0 N–H and O–H groups in total. The van der Waals surface area contributed by atoms with Gasteiger partial charge < -0.3 is 0 Å². The van der Waals surface area contributed by atoms with Crippen LogP contribution < -0.4 is 0 Å². The molecule has 0 bridgehead atoms. The predicted octanol–water partition coefficient (Wildman–Crippen LogP) is 4.62. The molecule has 1 aromatic carbocycles. The lowest BCUT2D eigenvalue weighted by molar-refractivity contribution is 0.530. The summed E-state index contributed by atoms with van der Waals surface area (Å²) < 4.78 is 0. The van der Waals surface area contributed by atoms with E-state index in [1.54, 1.807) is 0 Å². The topological polar surface area (TPSA) is 48.8 Å². The number of fused-ring (bicyclic) bond motifs is 2. The zero-order valence-electron chi connectivity index (χ0n) is 11.3. The van der Waals surface area contributed by atoms with E-state index in [0.717, 1.165) is 6.42 Å². The second-order valence-corrected chi connectivity index (χ2v) is 5.70. The number of benzene rings is 1. The number of azide groups is 1. The van der Waals surface area contributed by atoms with Gasteiger partial charge in [-0.3, -0.25) is 0 Å².